The van der Waals surface area contributed by atoms with Gasteiger partial charge in [0.2, 0.25) is 0 Å². The van der Waals surface area contributed by atoms with Gasteiger partial charge < -0.3 is 23.5 Å². The molecule has 0 N–H and O–H groups in total. The SMILES string of the molecule is O=[N+]([O-])c1ccc2c(c1)nc(SCC1COc3ccccc3O1)n2CC1COc2ccccc2O1. The van der Waals surface area contributed by atoms with E-state index in [1.165, 1.54) is 23.9 Å². The quantitative estimate of drug-likeness (QED) is 0.217. The molecule has 1 aromatic heterocycles. The predicted molar refractivity (Wildman–Crippen MR) is 130 cm³/mol. The van der Waals surface area contributed by atoms with Crippen LogP contribution in [0.15, 0.2) is 71.9 Å². The monoisotopic (exact) mass is 491 g/mol. The molecular formula is C25H21N3O6S. The molecule has 4 aromatic rings. The molecule has 9 nitrogen and oxygen atoms in total. The smallest absolute Gasteiger partial charge is 0.271 e. The number of hydrogen-bond donors (Lipinski definition) is 0. The third-order valence-corrected chi connectivity index (χ3v) is 6.94. The van der Waals surface area contributed by atoms with E-state index in [-0.39, 0.29) is 17.9 Å². The van der Waals surface area contributed by atoms with E-state index in [0.29, 0.717) is 36.8 Å². The summed E-state index contributed by atoms with van der Waals surface area (Å²) in [6.07, 6.45) is -0.392. The molecule has 3 heterocycles. The number of imidazole rings is 1. The number of aromatic nitrogens is 2. The average Bonchev–Trinajstić information content (AvgIpc) is 3.23. The minimum atomic E-state index is -0.412. The van der Waals surface area contributed by atoms with Crippen LogP contribution in [0.25, 0.3) is 11.0 Å². The van der Waals surface area contributed by atoms with Crippen molar-refractivity contribution in [3.63, 3.8) is 0 Å². The zero-order valence-electron chi connectivity index (χ0n) is 18.5. The topological polar surface area (TPSA) is 97.9 Å². The molecule has 0 bridgehead atoms. The Morgan fingerprint density at radius 2 is 1.54 bits per heavy atom. The molecule has 35 heavy (non-hydrogen) atoms. The minimum absolute atomic E-state index is 0.00509. The summed E-state index contributed by atoms with van der Waals surface area (Å²) in [6.45, 7) is 1.31. The van der Waals surface area contributed by atoms with E-state index in [2.05, 4.69) is 0 Å². The Morgan fingerprint density at radius 1 is 0.914 bits per heavy atom. The van der Waals surface area contributed by atoms with Crippen LogP contribution in [0.2, 0.25) is 0 Å². The highest BCUT2D eigenvalue weighted by atomic mass is 32.2. The first kappa shape index (κ1) is 21.6. The van der Waals surface area contributed by atoms with E-state index < -0.39 is 4.92 Å². The molecule has 0 saturated carbocycles. The molecule has 0 amide bonds. The Labute approximate surface area is 204 Å². The lowest BCUT2D eigenvalue weighted by Crippen LogP contribution is -2.33. The van der Waals surface area contributed by atoms with E-state index in [0.717, 1.165) is 27.9 Å². The average molecular weight is 492 g/mol. The van der Waals surface area contributed by atoms with Crippen molar-refractivity contribution >= 4 is 28.5 Å². The fourth-order valence-electron chi connectivity index (χ4n) is 4.17. The van der Waals surface area contributed by atoms with Gasteiger partial charge in [-0.25, -0.2) is 4.98 Å². The highest BCUT2D eigenvalue weighted by Gasteiger charge is 2.26. The van der Waals surface area contributed by atoms with Crippen LogP contribution < -0.4 is 18.9 Å². The van der Waals surface area contributed by atoms with Gasteiger partial charge in [0.15, 0.2) is 34.3 Å². The van der Waals surface area contributed by atoms with Gasteiger partial charge in [0.05, 0.1) is 22.5 Å². The number of ether oxygens (including phenoxy) is 4. The highest BCUT2D eigenvalue weighted by molar-refractivity contribution is 7.99. The summed E-state index contributed by atoms with van der Waals surface area (Å²) in [5.74, 6) is 3.48. The Morgan fingerprint density at radius 3 is 2.23 bits per heavy atom. The van der Waals surface area contributed by atoms with Gasteiger partial charge in [-0.3, -0.25) is 10.1 Å². The van der Waals surface area contributed by atoms with Crippen molar-refractivity contribution in [1.29, 1.82) is 0 Å². The van der Waals surface area contributed by atoms with Crippen LogP contribution >= 0.6 is 11.8 Å². The molecule has 2 aliphatic rings. The number of nitrogens with zero attached hydrogens (tertiary/aromatic N) is 3. The first-order valence-corrected chi connectivity index (χ1v) is 12.2. The molecule has 0 spiro atoms. The van der Waals surface area contributed by atoms with Gasteiger partial charge in [0, 0.05) is 17.9 Å². The number of nitro benzene ring substituents is 1. The largest absolute Gasteiger partial charge is 0.486 e. The lowest BCUT2D eigenvalue weighted by atomic mass is 10.2. The maximum absolute atomic E-state index is 11.3. The number of rotatable bonds is 6. The molecule has 2 unspecified atom stereocenters. The minimum Gasteiger partial charge on any atom is -0.486 e. The Balaban J connectivity index is 1.26. The van der Waals surface area contributed by atoms with Crippen molar-refractivity contribution in [3.05, 3.63) is 76.8 Å². The number of benzene rings is 3. The predicted octanol–water partition coefficient (Wildman–Crippen LogP) is 4.72. The van der Waals surface area contributed by atoms with Gasteiger partial charge in [0.1, 0.15) is 19.3 Å². The van der Waals surface area contributed by atoms with E-state index in [1.54, 1.807) is 6.07 Å². The standard InChI is InChI=1S/C25H21N3O6S/c29-28(30)16-9-10-20-19(11-16)26-25(35-15-18-14-32-22-6-2-4-8-24(22)34-18)27(20)12-17-13-31-21-5-1-3-7-23(21)33-17/h1-11,17-18H,12-15H2. The van der Waals surface area contributed by atoms with E-state index in [4.69, 9.17) is 23.9 Å². The first-order valence-electron chi connectivity index (χ1n) is 11.2. The third kappa shape index (κ3) is 4.32. The Hall–Kier alpha value is -3.92. The molecule has 0 saturated heterocycles. The number of hydrogen-bond acceptors (Lipinski definition) is 8. The molecule has 0 aliphatic carbocycles. The van der Waals surface area contributed by atoms with Gasteiger partial charge in [-0.15, -0.1) is 0 Å². The molecule has 0 fully saturated rings. The van der Waals surface area contributed by atoms with Crippen LogP contribution in [0, 0.1) is 10.1 Å². The van der Waals surface area contributed by atoms with Crippen molar-refractivity contribution in [1.82, 2.24) is 9.55 Å². The number of nitro groups is 1. The van der Waals surface area contributed by atoms with Crippen LogP contribution in [0.3, 0.4) is 0 Å². The second-order valence-corrected chi connectivity index (χ2v) is 9.23. The zero-order chi connectivity index (χ0) is 23.8. The maximum Gasteiger partial charge on any atom is 0.271 e. The summed E-state index contributed by atoms with van der Waals surface area (Å²) >= 11 is 1.52. The first-order chi connectivity index (χ1) is 17.1. The normalized spacial score (nSPS) is 18.4. The summed E-state index contributed by atoms with van der Waals surface area (Å²) in [6, 6.07) is 19.9. The number of non-ortho nitro benzene ring substituents is 1. The zero-order valence-corrected chi connectivity index (χ0v) is 19.3. The molecule has 2 aliphatic heterocycles. The Kier molecular flexibility index (Phi) is 5.57. The lowest BCUT2D eigenvalue weighted by Gasteiger charge is -2.28. The number of para-hydroxylation sites is 4. The van der Waals surface area contributed by atoms with Gasteiger partial charge in [0.25, 0.3) is 5.69 Å². The van der Waals surface area contributed by atoms with Crippen LogP contribution in [0.4, 0.5) is 5.69 Å². The fourth-order valence-corrected chi connectivity index (χ4v) is 5.16. The van der Waals surface area contributed by atoms with Crippen molar-refractivity contribution in [3.8, 4) is 23.0 Å². The summed E-state index contributed by atoms with van der Waals surface area (Å²) in [7, 11) is 0. The summed E-state index contributed by atoms with van der Waals surface area (Å²) in [5, 5.41) is 12.0. The Bertz CT molecular complexity index is 1410. The molecule has 2 atom stereocenters. The van der Waals surface area contributed by atoms with Gasteiger partial charge in [-0.05, 0) is 30.3 Å². The summed E-state index contributed by atoms with van der Waals surface area (Å²) < 4.78 is 26.0. The summed E-state index contributed by atoms with van der Waals surface area (Å²) in [4.78, 5) is 15.6. The van der Waals surface area contributed by atoms with Crippen molar-refractivity contribution in [2.24, 2.45) is 0 Å². The van der Waals surface area contributed by atoms with Crippen molar-refractivity contribution in [2.45, 2.75) is 23.9 Å². The molecule has 3 aromatic carbocycles. The lowest BCUT2D eigenvalue weighted by molar-refractivity contribution is -0.384. The number of thioether (sulfide) groups is 1. The van der Waals surface area contributed by atoms with E-state index >= 15 is 0 Å². The van der Waals surface area contributed by atoms with Crippen LogP contribution in [0.5, 0.6) is 23.0 Å². The van der Waals surface area contributed by atoms with Gasteiger partial charge >= 0.3 is 0 Å². The molecule has 178 valence electrons. The second-order valence-electron chi connectivity index (χ2n) is 8.24. The number of fused-ring (bicyclic) bond motifs is 3. The molecule has 6 rings (SSSR count). The van der Waals surface area contributed by atoms with Crippen LogP contribution in [-0.4, -0.2) is 45.6 Å². The van der Waals surface area contributed by atoms with Gasteiger partial charge in [-0.2, -0.15) is 0 Å². The molecule has 10 heteroatoms. The molecular weight excluding hydrogens is 470 g/mol. The second kappa shape index (κ2) is 9.03. The molecule has 0 radical (unpaired) electrons. The van der Waals surface area contributed by atoms with Crippen molar-refractivity contribution in [2.75, 3.05) is 19.0 Å². The van der Waals surface area contributed by atoms with E-state index in [9.17, 15) is 10.1 Å². The van der Waals surface area contributed by atoms with E-state index in [1.807, 2.05) is 53.1 Å². The maximum atomic E-state index is 11.3. The van der Waals surface area contributed by atoms with Crippen LogP contribution in [0.1, 0.15) is 0 Å². The van der Waals surface area contributed by atoms with Gasteiger partial charge in [-0.1, -0.05) is 36.0 Å². The summed E-state index contributed by atoms with van der Waals surface area (Å²) in [5.41, 5.74) is 1.36. The van der Waals surface area contributed by atoms with Crippen LogP contribution in [-0.2, 0) is 6.54 Å². The van der Waals surface area contributed by atoms with Crippen molar-refractivity contribution < 1.29 is 23.9 Å². The fraction of sp³-hybridized carbons (Fsp3) is 0.240. The highest BCUT2D eigenvalue weighted by Crippen LogP contribution is 2.35. The third-order valence-electron chi connectivity index (χ3n) is 5.83.